The van der Waals surface area contributed by atoms with Crippen LogP contribution in [0.5, 0.6) is 0 Å². The molecule has 2 aliphatic rings. The summed E-state index contributed by atoms with van der Waals surface area (Å²) < 4.78 is 6.06. The van der Waals surface area contributed by atoms with Gasteiger partial charge in [-0.15, -0.1) is 11.8 Å². The highest BCUT2D eigenvalue weighted by Crippen LogP contribution is 2.43. The normalized spacial score (nSPS) is 31.9. The number of rotatable bonds is 2. The van der Waals surface area contributed by atoms with E-state index in [4.69, 9.17) is 10.5 Å². The van der Waals surface area contributed by atoms with Crippen LogP contribution < -0.4 is 5.73 Å². The first kappa shape index (κ1) is 12.7. The third kappa shape index (κ3) is 2.81. The van der Waals surface area contributed by atoms with E-state index in [0.717, 1.165) is 18.7 Å². The van der Waals surface area contributed by atoms with Crippen molar-refractivity contribution in [3.63, 3.8) is 0 Å². The SMILES string of the molecule is Nc1cccc(SC2CCOC3(CCSC3)C2)c1. The Morgan fingerprint density at radius 3 is 3.17 bits per heavy atom. The molecule has 2 atom stereocenters. The van der Waals surface area contributed by atoms with Crippen molar-refractivity contribution in [1.82, 2.24) is 0 Å². The fourth-order valence-corrected chi connectivity index (χ4v) is 5.45. The van der Waals surface area contributed by atoms with Crippen molar-refractivity contribution in [1.29, 1.82) is 0 Å². The van der Waals surface area contributed by atoms with Crippen LogP contribution in [0, 0.1) is 0 Å². The highest BCUT2D eigenvalue weighted by molar-refractivity contribution is 8.00. The number of ether oxygens (including phenoxy) is 1. The first-order chi connectivity index (χ1) is 8.76. The van der Waals surface area contributed by atoms with Gasteiger partial charge in [-0.2, -0.15) is 11.8 Å². The molecular formula is C14H19NOS2. The Balaban J connectivity index is 1.66. The quantitative estimate of drug-likeness (QED) is 0.843. The number of anilines is 1. The van der Waals surface area contributed by atoms with E-state index in [-0.39, 0.29) is 5.60 Å². The summed E-state index contributed by atoms with van der Waals surface area (Å²) in [6.45, 7) is 0.917. The Hall–Kier alpha value is -0.320. The number of hydrogen-bond donors (Lipinski definition) is 1. The van der Waals surface area contributed by atoms with Gasteiger partial charge in [-0.05, 0) is 43.2 Å². The monoisotopic (exact) mass is 281 g/mol. The van der Waals surface area contributed by atoms with Crippen LogP contribution in [-0.4, -0.2) is 29.0 Å². The summed E-state index contributed by atoms with van der Waals surface area (Å²) in [7, 11) is 0. The van der Waals surface area contributed by atoms with E-state index >= 15 is 0 Å². The highest BCUT2D eigenvalue weighted by Gasteiger charge is 2.40. The topological polar surface area (TPSA) is 35.2 Å². The molecule has 2 aliphatic heterocycles. The van der Waals surface area contributed by atoms with Crippen LogP contribution in [0.2, 0.25) is 0 Å². The molecule has 98 valence electrons. The van der Waals surface area contributed by atoms with Gasteiger partial charge in [0.2, 0.25) is 0 Å². The van der Waals surface area contributed by atoms with Crippen LogP contribution in [-0.2, 0) is 4.74 Å². The van der Waals surface area contributed by atoms with Crippen molar-refractivity contribution >= 4 is 29.2 Å². The van der Waals surface area contributed by atoms with Crippen molar-refractivity contribution in [3.8, 4) is 0 Å². The van der Waals surface area contributed by atoms with Gasteiger partial charge in [-0.1, -0.05) is 6.07 Å². The van der Waals surface area contributed by atoms with Crippen molar-refractivity contribution in [2.45, 2.75) is 35.0 Å². The van der Waals surface area contributed by atoms with Crippen LogP contribution in [0.4, 0.5) is 5.69 Å². The van der Waals surface area contributed by atoms with Gasteiger partial charge in [-0.25, -0.2) is 0 Å². The molecule has 0 radical (unpaired) electrons. The van der Waals surface area contributed by atoms with Gasteiger partial charge >= 0.3 is 0 Å². The molecule has 0 bridgehead atoms. The summed E-state index contributed by atoms with van der Waals surface area (Å²) in [5, 5.41) is 0.680. The number of hydrogen-bond acceptors (Lipinski definition) is 4. The average molecular weight is 281 g/mol. The Morgan fingerprint density at radius 2 is 2.39 bits per heavy atom. The Bertz CT molecular complexity index is 418. The van der Waals surface area contributed by atoms with E-state index in [1.807, 2.05) is 35.7 Å². The van der Waals surface area contributed by atoms with Crippen molar-refractivity contribution in [2.75, 3.05) is 23.8 Å². The van der Waals surface area contributed by atoms with E-state index in [0.29, 0.717) is 5.25 Å². The summed E-state index contributed by atoms with van der Waals surface area (Å²) in [5.74, 6) is 2.44. The van der Waals surface area contributed by atoms with Crippen molar-refractivity contribution in [3.05, 3.63) is 24.3 Å². The zero-order valence-corrected chi connectivity index (χ0v) is 12.1. The van der Waals surface area contributed by atoms with Gasteiger partial charge in [0.05, 0.1) is 5.60 Å². The fourth-order valence-electron chi connectivity index (χ4n) is 2.73. The van der Waals surface area contributed by atoms with E-state index in [1.165, 1.54) is 29.2 Å². The van der Waals surface area contributed by atoms with Crippen LogP contribution in [0.3, 0.4) is 0 Å². The average Bonchev–Trinajstić information content (AvgIpc) is 2.77. The third-order valence-corrected chi connectivity index (χ3v) is 6.16. The molecule has 1 aromatic rings. The second-order valence-corrected chi connectivity index (χ2v) is 7.62. The largest absolute Gasteiger partial charge is 0.399 e. The maximum Gasteiger partial charge on any atom is 0.0791 e. The molecule has 2 fully saturated rings. The molecule has 0 aromatic heterocycles. The van der Waals surface area contributed by atoms with Gasteiger partial charge in [0.15, 0.2) is 0 Å². The van der Waals surface area contributed by atoms with E-state index in [2.05, 4.69) is 12.1 Å². The molecule has 2 saturated heterocycles. The van der Waals surface area contributed by atoms with E-state index < -0.39 is 0 Å². The Labute approximate surface area is 117 Å². The molecule has 4 heteroatoms. The number of thioether (sulfide) groups is 2. The minimum Gasteiger partial charge on any atom is -0.399 e. The number of nitrogen functional groups attached to an aromatic ring is 1. The summed E-state index contributed by atoms with van der Waals surface area (Å²) in [6.07, 6.45) is 3.58. The lowest BCUT2D eigenvalue weighted by molar-refractivity contribution is -0.0562. The zero-order valence-electron chi connectivity index (χ0n) is 10.4. The molecule has 1 spiro atoms. The molecule has 0 aliphatic carbocycles. The summed E-state index contributed by atoms with van der Waals surface area (Å²) in [4.78, 5) is 1.29. The second kappa shape index (κ2) is 5.35. The van der Waals surface area contributed by atoms with Gasteiger partial charge < -0.3 is 10.5 Å². The Morgan fingerprint density at radius 1 is 1.44 bits per heavy atom. The minimum absolute atomic E-state index is 0.181. The van der Waals surface area contributed by atoms with Crippen molar-refractivity contribution in [2.24, 2.45) is 0 Å². The van der Waals surface area contributed by atoms with Crippen LogP contribution in [0.1, 0.15) is 19.3 Å². The molecule has 3 rings (SSSR count). The number of benzene rings is 1. The zero-order chi connectivity index (χ0) is 12.4. The van der Waals surface area contributed by atoms with Gasteiger partial charge in [0.1, 0.15) is 0 Å². The van der Waals surface area contributed by atoms with Gasteiger partial charge in [-0.3, -0.25) is 0 Å². The molecule has 2 unspecified atom stereocenters. The fraction of sp³-hybridized carbons (Fsp3) is 0.571. The van der Waals surface area contributed by atoms with Gasteiger partial charge in [0.25, 0.3) is 0 Å². The molecule has 18 heavy (non-hydrogen) atoms. The summed E-state index contributed by atoms with van der Waals surface area (Å²) in [6, 6.07) is 8.23. The standard InChI is InChI=1S/C14H19NOS2/c15-11-2-1-3-12(8-11)18-13-4-6-16-14(9-13)5-7-17-10-14/h1-3,8,13H,4-7,9-10,15H2. The maximum absolute atomic E-state index is 6.06. The highest BCUT2D eigenvalue weighted by atomic mass is 32.2. The molecular weight excluding hydrogens is 262 g/mol. The number of nitrogens with two attached hydrogens (primary N) is 1. The second-order valence-electron chi connectivity index (χ2n) is 5.14. The first-order valence-electron chi connectivity index (χ1n) is 6.50. The lowest BCUT2D eigenvalue weighted by Gasteiger charge is -2.37. The summed E-state index contributed by atoms with van der Waals surface area (Å²) in [5.41, 5.74) is 6.88. The third-order valence-electron chi connectivity index (χ3n) is 3.68. The van der Waals surface area contributed by atoms with E-state index in [1.54, 1.807) is 0 Å². The predicted octanol–water partition coefficient (Wildman–Crippen LogP) is 3.42. The van der Waals surface area contributed by atoms with E-state index in [9.17, 15) is 0 Å². The van der Waals surface area contributed by atoms with Crippen LogP contribution in [0.25, 0.3) is 0 Å². The van der Waals surface area contributed by atoms with Gasteiger partial charge in [0, 0.05) is 28.2 Å². The van der Waals surface area contributed by atoms with Crippen LogP contribution >= 0.6 is 23.5 Å². The molecule has 0 amide bonds. The molecule has 2 N–H and O–H groups in total. The Kier molecular flexibility index (Phi) is 3.78. The molecule has 2 heterocycles. The lowest BCUT2D eigenvalue weighted by atomic mass is 9.93. The van der Waals surface area contributed by atoms with Crippen molar-refractivity contribution < 1.29 is 4.74 Å². The summed E-state index contributed by atoms with van der Waals surface area (Å²) >= 11 is 4.01. The molecule has 1 aromatic carbocycles. The molecule has 2 nitrogen and oxygen atoms in total. The maximum atomic E-state index is 6.06. The van der Waals surface area contributed by atoms with Crippen LogP contribution in [0.15, 0.2) is 29.2 Å². The minimum atomic E-state index is 0.181. The first-order valence-corrected chi connectivity index (χ1v) is 8.53. The smallest absolute Gasteiger partial charge is 0.0791 e. The molecule has 0 saturated carbocycles. The predicted molar refractivity (Wildman–Crippen MR) is 80.4 cm³/mol. The lowest BCUT2D eigenvalue weighted by Crippen LogP contribution is -2.40.